The first-order valence-corrected chi connectivity index (χ1v) is 13.0. The first-order chi connectivity index (χ1) is 18.0. The Morgan fingerprint density at radius 2 is 2.08 bits per heavy atom. The number of methoxy groups -OCH3 is 1. The van der Waals surface area contributed by atoms with Crippen molar-refractivity contribution in [2.45, 2.75) is 57.7 Å². The van der Waals surface area contributed by atoms with E-state index in [9.17, 15) is 10.1 Å². The normalized spacial score (nSPS) is 24.3. The van der Waals surface area contributed by atoms with Gasteiger partial charge >= 0.3 is 5.97 Å². The summed E-state index contributed by atoms with van der Waals surface area (Å²) >= 11 is 0. The number of nitriles is 1. The van der Waals surface area contributed by atoms with E-state index >= 15 is 0 Å². The van der Waals surface area contributed by atoms with Crippen LogP contribution in [-0.4, -0.2) is 46.8 Å². The van der Waals surface area contributed by atoms with Crippen molar-refractivity contribution >= 4 is 5.97 Å². The second kappa shape index (κ2) is 9.31. The Morgan fingerprint density at radius 3 is 2.84 bits per heavy atom. The minimum absolute atomic E-state index is 0.0258. The van der Waals surface area contributed by atoms with Gasteiger partial charge in [0.15, 0.2) is 0 Å². The number of likely N-dealkylation sites (tertiary alicyclic amines) is 1. The van der Waals surface area contributed by atoms with Gasteiger partial charge in [-0.1, -0.05) is 23.4 Å². The molecule has 1 aromatic heterocycles. The predicted octanol–water partition coefficient (Wildman–Crippen LogP) is 4.93. The maximum atomic E-state index is 11.9. The monoisotopic (exact) mass is 498 g/mol. The average Bonchev–Trinajstić information content (AvgIpc) is 3.59. The lowest BCUT2D eigenvalue weighted by Gasteiger charge is -2.42. The summed E-state index contributed by atoms with van der Waals surface area (Å²) in [6.07, 6.45) is 3.87. The Bertz CT molecular complexity index is 1380. The van der Waals surface area contributed by atoms with Crippen molar-refractivity contribution in [2.24, 2.45) is 11.8 Å². The van der Waals surface area contributed by atoms with Crippen LogP contribution >= 0.6 is 0 Å². The van der Waals surface area contributed by atoms with E-state index < -0.39 is 0 Å². The molecule has 1 aliphatic heterocycles. The van der Waals surface area contributed by atoms with Gasteiger partial charge in [0.25, 0.3) is 5.89 Å². The summed E-state index contributed by atoms with van der Waals surface area (Å²) in [7, 11) is 1.47. The van der Waals surface area contributed by atoms with Crippen molar-refractivity contribution in [3.63, 3.8) is 0 Å². The third-order valence-corrected chi connectivity index (χ3v) is 8.05. The molecule has 2 aliphatic carbocycles. The molecule has 0 N–H and O–H groups in total. The Morgan fingerprint density at radius 1 is 1.24 bits per heavy atom. The van der Waals surface area contributed by atoms with Crippen LogP contribution in [-0.2, 0) is 16.0 Å². The summed E-state index contributed by atoms with van der Waals surface area (Å²) in [5, 5.41) is 13.9. The van der Waals surface area contributed by atoms with E-state index in [1.807, 2.05) is 19.9 Å². The second-order valence-corrected chi connectivity index (χ2v) is 10.6. The van der Waals surface area contributed by atoms with Crippen LogP contribution in [0, 0.1) is 23.2 Å². The molecule has 2 heterocycles. The Labute approximate surface area is 216 Å². The maximum Gasteiger partial charge on any atom is 0.308 e. The van der Waals surface area contributed by atoms with Crippen LogP contribution in [0.5, 0.6) is 5.75 Å². The molecule has 2 aromatic carbocycles. The summed E-state index contributed by atoms with van der Waals surface area (Å²) in [5.41, 5.74) is 4.76. The van der Waals surface area contributed by atoms with Crippen molar-refractivity contribution in [3.8, 4) is 34.7 Å². The largest absolute Gasteiger partial charge is 0.490 e. The minimum Gasteiger partial charge on any atom is -0.490 e. The number of nitrogens with zero attached hydrogens (tertiary/aromatic N) is 4. The molecule has 0 radical (unpaired) electrons. The zero-order valence-corrected chi connectivity index (χ0v) is 21.3. The van der Waals surface area contributed by atoms with E-state index in [-0.39, 0.29) is 18.0 Å². The predicted molar refractivity (Wildman–Crippen MR) is 135 cm³/mol. The molecule has 37 heavy (non-hydrogen) atoms. The van der Waals surface area contributed by atoms with E-state index in [1.165, 1.54) is 18.2 Å². The maximum absolute atomic E-state index is 11.9. The molecule has 6 rings (SSSR count). The van der Waals surface area contributed by atoms with Crippen LogP contribution in [0.1, 0.15) is 55.8 Å². The van der Waals surface area contributed by atoms with Gasteiger partial charge in [-0.15, -0.1) is 0 Å². The number of rotatable bonds is 6. The molecule has 2 atom stereocenters. The van der Waals surface area contributed by atoms with Gasteiger partial charge in [0.1, 0.15) is 11.8 Å². The van der Waals surface area contributed by atoms with Crippen LogP contribution < -0.4 is 4.74 Å². The van der Waals surface area contributed by atoms with Crippen LogP contribution in [0.4, 0.5) is 0 Å². The molecular weight excluding hydrogens is 468 g/mol. The molecule has 8 nitrogen and oxygen atoms in total. The summed E-state index contributed by atoms with van der Waals surface area (Å²) < 4.78 is 16.3. The molecule has 0 amide bonds. The van der Waals surface area contributed by atoms with Gasteiger partial charge in [0, 0.05) is 23.2 Å². The first-order valence-electron chi connectivity index (χ1n) is 13.0. The quantitative estimate of drug-likeness (QED) is 0.441. The van der Waals surface area contributed by atoms with Crippen LogP contribution in [0.3, 0.4) is 0 Å². The molecular formula is C29H30N4O4. The van der Waals surface area contributed by atoms with Gasteiger partial charge < -0.3 is 14.0 Å². The Kier molecular flexibility index (Phi) is 5.96. The number of esters is 1. The third kappa shape index (κ3) is 4.08. The minimum atomic E-state index is -0.0852. The van der Waals surface area contributed by atoms with Gasteiger partial charge in [-0.25, -0.2) is 0 Å². The number of aromatic nitrogens is 2. The molecule has 1 saturated carbocycles. The lowest BCUT2D eigenvalue weighted by molar-refractivity contribution is -0.151. The molecule has 2 unspecified atom stereocenters. The van der Waals surface area contributed by atoms with Crippen LogP contribution in [0.2, 0.25) is 0 Å². The van der Waals surface area contributed by atoms with Crippen LogP contribution in [0.25, 0.3) is 22.8 Å². The lowest BCUT2D eigenvalue weighted by Crippen LogP contribution is -2.47. The van der Waals surface area contributed by atoms with Crippen LogP contribution in [0.15, 0.2) is 40.9 Å². The smallest absolute Gasteiger partial charge is 0.308 e. The lowest BCUT2D eigenvalue weighted by atomic mass is 9.78. The van der Waals surface area contributed by atoms with Crippen molar-refractivity contribution < 1.29 is 18.8 Å². The highest BCUT2D eigenvalue weighted by atomic mass is 16.5. The van der Waals surface area contributed by atoms with Crippen molar-refractivity contribution in [2.75, 3.05) is 13.7 Å². The van der Waals surface area contributed by atoms with Gasteiger partial charge in [-0.3, -0.25) is 9.69 Å². The van der Waals surface area contributed by atoms with Crippen molar-refractivity contribution in [1.29, 1.82) is 5.26 Å². The molecule has 3 aromatic rings. The van der Waals surface area contributed by atoms with E-state index in [4.69, 9.17) is 19.0 Å². The SMILES string of the molecule is COC(=O)C1CC(N2CCC3Cc4c(-c5noc(-c6ccc(OC(C)C)c(C#N)c6)n5)cccc4C32)C1. The van der Waals surface area contributed by atoms with Gasteiger partial charge in [0.05, 0.1) is 24.7 Å². The average molecular weight is 499 g/mol. The van der Waals surface area contributed by atoms with Crippen molar-refractivity contribution in [3.05, 3.63) is 53.1 Å². The fourth-order valence-electron chi connectivity index (χ4n) is 6.29. The molecule has 190 valence electrons. The first kappa shape index (κ1) is 23.7. The van der Waals surface area contributed by atoms with E-state index in [0.29, 0.717) is 46.6 Å². The highest BCUT2D eigenvalue weighted by Gasteiger charge is 2.48. The zero-order valence-electron chi connectivity index (χ0n) is 21.3. The standard InChI is InChI=1S/C29H30N4O4/c1-16(2)36-25-8-7-18(11-20(25)15-30)28-31-27(32-37-28)23-6-4-5-22-24(23)14-17-9-10-33(26(17)22)21-12-19(13-21)29(34)35-3/h4-8,11,16-17,19,21,26H,9-10,12-14H2,1-3H3. The number of fused-ring (bicyclic) bond motifs is 3. The number of carbonyl (C=O) groups excluding carboxylic acids is 1. The second-order valence-electron chi connectivity index (χ2n) is 10.6. The van der Waals surface area contributed by atoms with E-state index in [1.54, 1.807) is 12.1 Å². The summed E-state index contributed by atoms with van der Waals surface area (Å²) in [4.78, 5) is 19.2. The topological polar surface area (TPSA) is 101 Å². The van der Waals surface area contributed by atoms with E-state index in [0.717, 1.165) is 37.8 Å². The molecule has 1 saturated heterocycles. The number of benzene rings is 2. The summed E-state index contributed by atoms with van der Waals surface area (Å²) in [5.74, 6) is 2.00. The molecule has 3 aliphatic rings. The number of hydrogen-bond acceptors (Lipinski definition) is 8. The number of hydrogen-bond donors (Lipinski definition) is 0. The van der Waals surface area contributed by atoms with Gasteiger partial charge in [-0.2, -0.15) is 10.2 Å². The fraction of sp³-hybridized carbons (Fsp3) is 0.448. The summed E-state index contributed by atoms with van der Waals surface area (Å²) in [6, 6.07) is 14.7. The highest BCUT2D eigenvalue weighted by Crippen LogP contribution is 2.52. The Balaban J connectivity index is 1.25. The zero-order chi connectivity index (χ0) is 25.7. The Hall–Kier alpha value is -3.70. The number of carbonyl (C=O) groups is 1. The fourth-order valence-corrected chi connectivity index (χ4v) is 6.29. The molecule has 8 heteroatoms. The van der Waals surface area contributed by atoms with Gasteiger partial charge in [0.2, 0.25) is 5.82 Å². The molecule has 2 fully saturated rings. The van der Waals surface area contributed by atoms with Crippen molar-refractivity contribution in [1.82, 2.24) is 15.0 Å². The van der Waals surface area contributed by atoms with E-state index in [2.05, 4.69) is 34.3 Å². The molecule has 0 bridgehead atoms. The van der Waals surface area contributed by atoms with Gasteiger partial charge in [-0.05, 0) is 81.3 Å². The molecule has 0 spiro atoms. The third-order valence-electron chi connectivity index (χ3n) is 8.05. The summed E-state index contributed by atoms with van der Waals surface area (Å²) in [6.45, 7) is 4.92. The highest BCUT2D eigenvalue weighted by molar-refractivity contribution is 5.73. The number of ether oxygens (including phenoxy) is 2.